The minimum absolute atomic E-state index is 0.0578. The highest BCUT2D eigenvalue weighted by atomic mass is 35.5. The zero-order valence-corrected chi connectivity index (χ0v) is 19.7. The fourth-order valence-electron chi connectivity index (χ4n) is 2.72. The monoisotopic (exact) mass is 514 g/mol. The number of esters is 1. The molecule has 9 nitrogen and oxygen atoms in total. The van der Waals surface area contributed by atoms with E-state index in [0.717, 1.165) is 5.56 Å². The number of hydrogen-bond acceptors (Lipinski definition) is 5. The molecule has 0 heterocycles. The van der Waals surface area contributed by atoms with E-state index in [1.807, 2.05) is 0 Å². The van der Waals surface area contributed by atoms with Crippen LogP contribution in [0.3, 0.4) is 0 Å². The van der Waals surface area contributed by atoms with Gasteiger partial charge >= 0.3 is 12.0 Å². The van der Waals surface area contributed by atoms with Gasteiger partial charge in [0.25, 0.3) is 11.8 Å². The van der Waals surface area contributed by atoms with Gasteiger partial charge in [0.05, 0.1) is 28.8 Å². The van der Waals surface area contributed by atoms with Gasteiger partial charge in [-0.2, -0.15) is 0 Å². The first kappa shape index (κ1) is 26.2. The summed E-state index contributed by atoms with van der Waals surface area (Å²) >= 11 is 18.4. The van der Waals surface area contributed by atoms with Crippen molar-refractivity contribution in [1.29, 1.82) is 0 Å². The van der Waals surface area contributed by atoms with Crippen LogP contribution in [0.15, 0.2) is 36.4 Å². The number of carbonyl (C=O) groups excluding carboxylic acids is 4. The molecule has 0 fully saturated rings. The fourth-order valence-corrected chi connectivity index (χ4v) is 3.59. The highest BCUT2D eigenvalue weighted by molar-refractivity contribution is 6.40. The van der Waals surface area contributed by atoms with Crippen LogP contribution in [0.25, 0.3) is 0 Å². The standard InChI is InChI=1S/C21H21Cl3N4O5/c1-2-33-20(31)16(10-27-21(25)32)28-19(30)17-14(23)7-12(8-15(17)24)18(29)26-9-11-4-3-5-13(22)6-11/h3-8,16H,2,9-10H2,1H3,(H,26,29)(H,28,30)(H3,25,27,32)/t16-/m0/s1. The van der Waals surface area contributed by atoms with E-state index in [1.165, 1.54) is 12.1 Å². The Morgan fingerprint density at radius 1 is 1.00 bits per heavy atom. The topological polar surface area (TPSA) is 140 Å². The van der Waals surface area contributed by atoms with E-state index < -0.39 is 29.9 Å². The van der Waals surface area contributed by atoms with Gasteiger partial charge in [-0.3, -0.25) is 9.59 Å². The van der Waals surface area contributed by atoms with Crippen molar-refractivity contribution in [2.75, 3.05) is 13.2 Å². The predicted octanol–water partition coefficient (Wildman–Crippen LogP) is 2.91. The van der Waals surface area contributed by atoms with Crippen molar-refractivity contribution in [3.63, 3.8) is 0 Å². The molecule has 176 valence electrons. The van der Waals surface area contributed by atoms with Crippen molar-refractivity contribution < 1.29 is 23.9 Å². The van der Waals surface area contributed by atoms with E-state index in [1.54, 1.807) is 31.2 Å². The number of nitrogens with two attached hydrogens (primary N) is 1. The molecular weight excluding hydrogens is 495 g/mol. The summed E-state index contributed by atoms with van der Waals surface area (Å²) in [4.78, 5) is 48.3. The number of benzene rings is 2. The molecule has 0 saturated heterocycles. The average molecular weight is 516 g/mol. The van der Waals surface area contributed by atoms with Crippen LogP contribution in [0, 0.1) is 0 Å². The van der Waals surface area contributed by atoms with Crippen LogP contribution in [-0.2, 0) is 16.1 Å². The largest absolute Gasteiger partial charge is 0.464 e. The lowest BCUT2D eigenvalue weighted by molar-refractivity contribution is -0.145. The van der Waals surface area contributed by atoms with Crippen molar-refractivity contribution in [3.05, 3.63) is 68.2 Å². The summed E-state index contributed by atoms with van der Waals surface area (Å²) in [6, 6.07) is 7.41. The van der Waals surface area contributed by atoms with Crippen LogP contribution in [0.5, 0.6) is 0 Å². The van der Waals surface area contributed by atoms with Crippen LogP contribution in [0.4, 0.5) is 4.79 Å². The number of hydrogen-bond donors (Lipinski definition) is 4. The number of primary amides is 1. The van der Waals surface area contributed by atoms with Gasteiger partial charge in [0.2, 0.25) is 0 Å². The Kier molecular flexibility index (Phi) is 9.77. The van der Waals surface area contributed by atoms with Crippen LogP contribution < -0.4 is 21.7 Å². The van der Waals surface area contributed by atoms with Gasteiger partial charge in [0.15, 0.2) is 0 Å². The molecule has 2 aromatic rings. The van der Waals surface area contributed by atoms with Gasteiger partial charge in [-0.1, -0.05) is 46.9 Å². The Labute approximate surface area is 204 Å². The van der Waals surface area contributed by atoms with Gasteiger partial charge < -0.3 is 26.4 Å². The van der Waals surface area contributed by atoms with Crippen LogP contribution in [0.1, 0.15) is 33.2 Å². The maximum Gasteiger partial charge on any atom is 0.330 e. The van der Waals surface area contributed by atoms with Gasteiger partial charge in [-0.25, -0.2) is 9.59 Å². The minimum Gasteiger partial charge on any atom is -0.464 e. The summed E-state index contributed by atoms with van der Waals surface area (Å²) in [5.41, 5.74) is 5.78. The zero-order chi connectivity index (χ0) is 24.5. The van der Waals surface area contributed by atoms with E-state index in [2.05, 4.69) is 16.0 Å². The number of amides is 4. The van der Waals surface area contributed by atoms with E-state index in [9.17, 15) is 19.2 Å². The number of rotatable bonds is 9. The fraction of sp³-hybridized carbons (Fsp3) is 0.238. The molecule has 2 aromatic carbocycles. The molecule has 0 spiro atoms. The Hall–Kier alpha value is -3.01. The maximum atomic E-state index is 12.7. The zero-order valence-electron chi connectivity index (χ0n) is 17.4. The summed E-state index contributed by atoms with van der Waals surface area (Å²) in [7, 11) is 0. The molecular formula is C21H21Cl3N4O5. The van der Waals surface area contributed by atoms with Crippen LogP contribution in [-0.4, -0.2) is 43.0 Å². The first-order valence-corrected chi connectivity index (χ1v) is 10.8. The van der Waals surface area contributed by atoms with E-state index in [0.29, 0.717) is 5.02 Å². The molecule has 4 amide bonds. The molecule has 0 saturated carbocycles. The summed E-state index contributed by atoms with van der Waals surface area (Å²) in [5, 5.41) is 7.63. The average Bonchev–Trinajstić information content (AvgIpc) is 2.74. The molecule has 0 aromatic heterocycles. The van der Waals surface area contributed by atoms with Gasteiger partial charge in [-0.15, -0.1) is 0 Å². The molecule has 12 heteroatoms. The van der Waals surface area contributed by atoms with Crippen LogP contribution in [0.2, 0.25) is 15.1 Å². The van der Waals surface area contributed by atoms with Gasteiger partial charge in [0, 0.05) is 17.1 Å². The van der Waals surface area contributed by atoms with E-state index >= 15 is 0 Å². The van der Waals surface area contributed by atoms with Gasteiger partial charge in [-0.05, 0) is 36.8 Å². The molecule has 0 bridgehead atoms. The lowest BCUT2D eigenvalue weighted by Crippen LogP contribution is -2.50. The Bertz CT molecular complexity index is 1040. The number of ether oxygens (including phenoxy) is 1. The number of halogens is 3. The van der Waals surface area contributed by atoms with Crippen molar-refractivity contribution in [2.24, 2.45) is 5.73 Å². The molecule has 0 aliphatic rings. The summed E-state index contributed by atoms with van der Waals surface area (Å²) < 4.78 is 4.88. The Balaban J connectivity index is 2.15. The number of carbonyl (C=O) groups is 4. The summed E-state index contributed by atoms with van der Waals surface area (Å²) in [6.45, 7) is 1.55. The molecule has 0 aliphatic carbocycles. The van der Waals surface area contributed by atoms with Crippen molar-refractivity contribution in [2.45, 2.75) is 19.5 Å². The van der Waals surface area contributed by atoms with Crippen molar-refractivity contribution in [3.8, 4) is 0 Å². The second-order valence-electron chi connectivity index (χ2n) is 6.65. The minimum atomic E-state index is -1.24. The maximum absolute atomic E-state index is 12.7. The summed E-state index contributed by atoms with van der Waals surface area (Å²) in [6.07, 6.45) is 0. The molecule has 33 heavy (non-hydrogen) atoms. The first-order chi connectivity index (χ1) is 15.6. The third kappa shape index (κ3) is 7.81. The normalized spacial score (nSPS) is 11.3. The SMILES string of the molecule is CCOC(=O)[C@H](CNC(N)=O)NC(=O)c1c(Cl)cc(C(=O)NCc2cccc(Cl)c2)cc1Cl. The molecule has 1 atom stereocenters. The third-order valence-corrected chi connectivity index (χ3v) is 5.06. The molecule has 2 rings (SSSR count). The third-order valence-electron chi connectivity index (χ3n) is 4.23. The second kappa shape index (κ2) is 12.3. The highest BCUT2D eigenvalue weighted by Crippen LogP contribution is 2.27. The first-order valence-electron chi connectivity index (χ1n) is 9.64. The number of nitrogens with one attached hydrogen (secondary N) is 3. The molecule has 0 radical (unpaired) electrons. The molecule has 0 aliphatic heterocycles. The Morgan fingerprint density at radius 2 is 1.67 bits per heavy atom. The smallest absolute Gasteiger partial charge is 0.330 e. The molecule has 0 unspecified atom stereocenters. The highest BCUT2D eigenvalue weighted by Gasteiger charge is 2.26. The van der Waals surface area contributed by atoms with E-state index in [4.69, 9.17) is 45.3 Å². The number of urea groups is 1. The predicted molar refractivity (Wildman–Crippen MR) is 125 cm³/mol. The summed E-state index contributed by atoms with van der Waals surface area (Å²) in [5.74, 6) is -2.06. The van der Waals surface area contributed by atoms with Crippen molar-refractivity contribution in [1.82, 2.24) is 16.0 Å². The quantitative estimate of drug-likeness (QED) is 0.380. The lowest BCUT2D eigenvalue weighted by Gasteiger charge is -2.18. The van der Waals surface area contributed by atoms with Crippen molar-refractivity contribution >= 4 is 58.6 Å². The van der Waals surface area contributed by atoms with Crippen LogP contribution >= 0.6 is 34.8 Å². The lowest BCUT2D eigenvalue weighted by atomic mass is 10.1. The Morgan fingerprint density at radius 3 is 2.24 bits per heavy atom. The van der Waals surface area contributed by atoms with Gasteiger partial charge in [0.1, 0.15) is 6.04 Å². The molecule has 5 N–H and O–H groups in total. The second-order valence-corrected chi connectivity index (χ2v) is 7.90. The van der Waals surface area contributed by atoms with E-state index in [-0.39, 0.29) is 40.9 Å².